The van der Waals surface area contributed by atoms with Crippen molar-refractivity contribution in [2.24, 2.45) is 71.0 Å². The zero-order chi connectivity index (χ0) is 36.6. The molecular weight excluding hydrogens is 647 g/mol. The van der Waals surface area contributed by atoms with Crippen LogP contribution in [-0.4, -0.2) is 44.0 Å². The Morgan fingerprint density at radius 1 is 0.434 bits per heavy atom. The van der Waals surface area contributed by atoms with Gasteiger partial charge in [0.1, 0.15) is 0 Å². The van der Waals surface area contributed by atoms with Crippen LogP contribution in [0.2, 0.25) is 0 Å². The second kappa shape index (κ2) is 20.0. The summed E-state index contributed by atoms with van der Waals surface area (Å²) in [6.07, 6.45) is 43.9. The third kappa shape index (κ3) is 13.8. The van der Waals surface area contributed by atoms with E-state index in [4.69, 9.17) is 9.47 Å². The molecule has 1 aliphatic heterocycles. The molecule has 306 valence electrons. The molecule has 53 heavy (non-hydrogen) atoms. The fourth-order valence-corrected chi connectivity index (χ4v) is 12.1. The van der Waals surface area contributed by atoms with Gasteiger partial charge in [0, 0.05) is 19.4 Å². The summed E-state index contributed by atoms with van der Waals surface area (Å²) in [5.41, 5.74) is 0. The Morgan fingerprint density at radius 3 is 1.21 bits per heavy atom. The Balaban J connectivity index is 0.707. The molecule has 6 saturated carbocycles. The van der Waals surface area contributed by atoms with Crippen molar-refractivity contribution in [3.63, 3.8) is 0 Å². The van der Waals surface area contributed by atoms with Crippen molar-refractivity contribution in [3.8, 4) is 0 Å². The zero-order valence-corrected chi connectivity index (χ0v) is 35.9. The van der Waals surface area contributed by atoms with Crippen LogP contribution in [-0.2, 0) is 9.47 Å². The average Bonchev–Trinajstić information content (AvgIpc) is 3.88. The standard InChI is InChI=1S/C50H89NO2/c1-5-7-9-13-19-38-27-42(38)31-46-35-48(46)33-44-29-40(44)21-15-11-17-24-50(52-36-49(53-50)22-25-51(3)4)23-16-10-14-20-39-28-43(39)32-47-34-45(47)30-41-26-37(41)18-12-8-6-2/h37-49H,5-36H2,1-4H3. The molecule has 0 spiro atoms. The Bertz CT molecular complexity index is 1060. The topological polar surface area (TPSA) is 21.7 Å². The van der Waals surface area contributed by atoms with Gasteiger partial charge in [-0.3, -0.25) is 0 Å². The summed E-state index contributed by atoms with van der Waals surface area (Å²) in [6, 6.07) is 0. The van der Waals surface area contributed by atoms with Gasteiger partial charge in [0.2, 0.25) is 0 Å². The maximum absolute atomic E-state index is 6.82. The summed E-state index contributed by atoms with van der Waals surface area (Å²) in [5.74, 6) is 13.0. The maximum atomic E-state index is 6.82. The number of ether oxygens (including phenoxy) is 2. The fraction of sp³-hybridized carbons (Fsp3) is 1.00. The van der Waals surface area contributed by atoms with E-state index in [0.717, 1.165) is 103 Å². The largest absolute Gasteiger partial charge is 0.347 e. The van der Waals surface area contributed by atoms with E-state index in [0.29, 0.717) is 0 Å². The van der Waals surface area contributed by atoms with E-state index in [2.05, 4.69) is 32.8 Å². The van der Waals surface area contributed by atoms with Gasteiger partial charge in [-0.2, -0.15) is 0 Å². The smallest absolute Gasteiger partial charge is 0.168 e. The average molecular weight is 736 g/mol. The van der Waals surface area contributed by atoms with E-state index in [9.17, 15) is 0 Å². The normalized spacial score (nSPS) is 40.6. The van der Waals surface area contributed by atoms with Gasteiger partial charge in [0.05, 0.1) is 12.7 Å². The highest BCUT2D eigenvalue weighted by atomic mass is 16.7. The van der Waals surface area contributed by atoms with Crippen LogP contribution in [0.15, 0.2) is 0 Å². The van der Waals surface area contributed by atoms with Crippen LogP contribution in [0.3, 0.4) is 0 Å². The number of rotatable bonds is 32. The van der Waals surface area contributed by atoms with Crippen molar-refractivity contribution in [3.05, 3.63) is 0 Å². The van der Waals surface area contributed by atoms with Crippen LogP contribution >= 0.6 is 0 Å². The Kier molecular flexibility index (Phi) is 15.5. The first-order valence-corrected chi connectivity index (χ1v) is 24.9. The molecule has 0 aromatic rings. The summed E-state index contributed by atoms with van der Waals surface area (Å²) in [4.78, 5) is 2.29. The minimum Gasteiger partial charge on any atom is -0.347 e. The van der Waals surface area contributed by atoms with Gasteiger partial charge < -0.3 is 14.4 Å². The second-order valence-corrected chi connectivity index (χ2v) is 21.6. The SMILES string of the molecule is CCCCCCC1CC1CC1CC1CC1CC1CCCCCC1(CCCCCC2CC2CC2CC2CC2CC2CCCCC)OCC(CCN(C)C)O1. The summed E-state index contributed by atoms with van der Waals surface area (Å²) >= 11 is 0. The molecule has 3 heteroatoms. The van der Waals surface area contributed by atoms with Gasteiger partial charge in [-0.15, -0.1) is 0 Å². The molecule has 7 aliphatic rings. The lowest BCUT2D eigenvalue weighted by Crippen LogP contribution is -2.31. The van der Waals surface area contributed by atoms with E-state index in [1.165, 1.54) is 103 Å². The highest BCUT2D eigenvalue weighted by Crippen LogP contribution is 2.59. The van der Waals surface area contributed by atoms with Crippen molar-refractivity contribution in [2.45, 2.75) is 218 Å². The number of unbranched alkanes of at least 4 members (excludes halogenated alkanes) is 9. The van der Waals surface area contributed by atoms with Crippen molar-refractivity contribution < 1.29 is 9.47 Å². The Labute approximate surface area is 330 Å². The lowest BCUT2D eigenvalue weighted by atomic mass is 9.98. The van der Waals surface area contributed by atoms with Gasteiger partial charge in [-0.05, 0) is 169 Å². The van der Waals surface area contributed by atoms with Gasteiger partial charge >= 0.3 is 0 Å². The molecule has 0 bridgehead atoms. The van der Waals surface area contributed by atoms with Crippen LogP contribution in [0, 0.1) is 71.0 Å². The molecule has 7 fully saturated rings. The predicted molar refractivity (Wildman–Crippen MR) is 224 cm³/mol. The zero-order valence-electron chi connectivity index (χ0n) is 35.9. The quantitative estimate of drug-likeness (QED) is 0.0642. The van der Waals surface area contributed by atoms with Crippen LogP contribution in [0.1, 0.15) is 206 Å². The van der Waals surface area contributed by atoms with E-state index in [1.807, 2.05) is 0 Å². The third-order valence-corrected chi connectivity index (χ3v) is 16.5. The second-order valence-electron chi connectivity index (χ2n) is 21.6. The Hall–Kier alpha value is -0.120. The predicted octanol–water partition coefficient (Wildman–Crippen LogP) is 13.9. The molecule has 6 aliphatic carbocycles. The van der Waals surface area contributed by atoms with Gasteiger partial charge in [-0.1, -0.05) is 110 Å². The molecule has 1 heterocycles. The number of hydrogen-bond donors (Lipinski definition) is 0. The first-order chi connectivity index (χ1) is 25.9. The molecule has 0 amide bonds. The Morgan fingerprint density at radius 2 is 0.792 bits per heavy atom. The summed E-state index contributed by atoms with van der Waals surface area (Å²) in [5, 5.41) is 0. The fourth-order valence-electron chi connectivity index (χ4n) is 12.1. The molecule has 3 nitrogen and oxygen atoms in total. The molecule has 14 atom stereocenters. The molecule has 14 unspecified atom stereocenters. The first-order valence-electron chi connectivity index (χ1n) is 24.9. The van der Waals surface area contributed by atoms with E-state index in [1.54, 1.807) is 70.6 Å². The minimum atomic E-state index is -0.282. The highest BCUT2D eigenvalue weighted by Gasteiger charge is 2.50. The maximum Gasteiger partial charge on any atom is 0.168 e. The lowest BCUT2D eigenvalue weighted by molar-refractivity contribution is -0.180. The van der Waals surface area contributed by atoms with Gasteiger partial charge in [0.25, 0.3) is 0 Å². The molecule has 1 saturated heterocycles. The molecule has 0 radical (unpaired) electrons. The summed E-state index contributed by atoms with van der Waals surface area (Å²) < 4.78 is 13.4. The minimum absolute atomic E-state index is 0.282. The summed E-state index contributed by atoms with van der Waals surface area (Å²) in [7, 11) is 4.36. The van der Waals surface area contributed by atoms with E-state index < -0.39 is 0 Å². The van der Waals surface area contributed by atoms with E-state index >= 15 is 0 Å². The number of nitrogens with zero attached hydrogens (tertiary/aromatic N) is 1. The highest BCUT2D eigenvalue weighted by molar-refractivity contribution is 5.00. The first kappa shape index (κ1) is 41.1. The molecule has 0 aromatic heterocycles. The number of hydrogen-bond acceptors (Lipinski definition) is 3. The van der Waals surface area contributed by atoms with Gasteiger partial charge in [0.15, 0.2) is 5.79 Å². The molecule has 0 aromatic carbocycles. The van der Waals surface area contributed by atoms with Crippen molar-refractivity contribution in [1.82, 2.24) is 4.90 Å². The monoisotopic (exact) mass is 736 g/mol. The van der Waals surface area contributed by atoms with Crippen LogP contribution in [0.25, 0.3) is 0 Å². The lowest BCUT2D eigenvalue weighted by Gasteiger charge is -2.29. The van der Waals surface area contributed by atoms with Gasteiger partial charge in [-0.25, -0.2) is 0 Å². The van der Waals surface area contributed by atoms with Crippen LogP contribution in [0.4, 0.5) is 0 Å². The van der Waals surface area contributed by atoms with Crippen molar-refractivity contribution in [2.75, 3.05) is 27.2 Å². The van der Waals surface area contributed by atoms with E-state index in [-0.39, 0.29) is 11.9 Å². The van der Waals surface area contributed by atoms with Crippen molar-refractivity contribution in [1.29, 1.82) is 0 Å². The van der Waals surface area contributed by atoms with Crippen molar-refractivity contribution >= 4 is 0 Å². The molecular formula is C50H89NO2. The van der Waals surface area contributed by atoms with Crippen LogP contribution in [0.5, 0.6) is 0 Å². The summed E-state index contributed by atoms with van der Waals surface area (Å²) in [6.45, 7) is 6.59. The van der Waals surface area contributed by atoms with Crippen LogP contribution < -0.4 is 0 Å². The third-order valence-electron chi connectivity index (χ3n) is 16.5. The molecule has 7 rings (SSSR count). The molecule has 0 N–H and O–H groups in total.